The second-order valence-corrected chi connectivity index (χ2v) is 5.09. The number of ether oxygens (including phenoxy) is 1. The van der Waals surface area contributed by atoms with Crippen molar-refractivity contribution in [3.63, 3.8) is 0 Å². The van der Waals surface area contributed by atoms with Gasteiger partial charge in [-0.3, -0.25) is 0 Å². The number of benzene rings is 1. The minimum absolute atomic E-state index is 0.0860. The molecule has 0 saturated carbocycles. The molecule has 0 aliphatic carbocycles. The fourth-order valence-corrected chi connectivity index (χ4v) is 2.24. The average Bonchev–Trinajstić information content (AvgIpc) is 2.20. The van der Waals surface area contributed by atoms with Gasteiger partial charge in [-0.2, -0.15) is 0 Å². The lowest BCUT2D eigenvalue weighted by atomic mass is 9.95. The minimum Gasteiger partial charge on any atom is -0.479 e. The third-order valence-electron chi connectivity index (χ3n) is 2.94. The van der Waals surface area contributed by atoms with Gasteiger partial charge in [-0.1, -0.05) is 17.7 Å². The van der Waals surface area contributed by atoms with Crippen LogP contribution in [0.15, 0.2) is 12.1 Å². The summed E-state index contributed by atoms with van der Waals surface area (Å²) in [5, 5.41) is 9.19. The molecule has 0 bridgehead atoms. The van der Waals surface area contributed by atoms with E-state index in [1.807, 2.05) is 34.6 Å². The molecule has 100 valence electrons. The van der Waals surface area contributed by atoms with Gasteiger partial charge in [0.25, 0.3) is 0 Å². The summed E-state index contributed by atoms with van der Waals surface area (Å²) in [4.78, 5) is 11.2. The number of hydrogen-bond acceptors (Lipinski definition) is 2. The summed E-state index contributed by atoms with van der Waals surface area (Å²) >= 11 is 0. The molecule has 0 spiro atoms. The molecular weight excluding hydrogens is 228 g/mol. The molecule has 0 amide bonds. The Labute approximate surface area is 109 Å². The van der Waals surface area contributed by atoms with Crippen molar-refractivity contribution in [1.82, 2.24) is 0 Å². The Kier molecular flexibility index (Phi) is 4.91. The number of carboxylic acid groups (broad SMARTS) is 1. The second kappa shape index (κ2) is 6.01. The SMILES string of the molecule is Cc1cc(C)c(CC(OC(C)C)C(=O)O)c(C)c1. The van der Waals surface area contributed by atoms with Gasteiger partial charge in [-0.05, 0) is 51.3 Å². The summed E-state index contributed by atoms with van der Waals surface area (Å²) in [7, 11) is 0. The molecule has 0 aromatic heterocycles. The van der Waals surface area contributed by atoms with E-state index < -0.39 is 12.1 Å². The fraction of sp³-hybridized carbons (Fsp3) is 0.533. The van der Waals surface area contributed by atoms with Crippen LogP contribution in [-0.4, -0.2) is 23.3 Å². The van der Waals surface area contributed by atoms with Crippen LogP contribution < -0.4 is 0 Å². The molecule has 1 unspecified atom stereocenters. The van der Waals surface area contributed by atoms with Crippen LogP contribution >= 0.6 is 0 Å². The molecule has 1 aromatic carbocycles. The van der Waals surface area contributed by atoms with E-state index in [0.717, 1.165) is 16.7 Å². The maximum absolute atomic E-state index is 11.2. The van der Waals surface area contributed by atoms with Gasteiger partial charge in [-0.25, -0.2) is 4.79 Å². The largest absolute Gasteiger partial charge is 0.479 e. The molecule has 0 aliphatic rings. The average molecular weight is 250 g/mol. The van der Waals surface area contributed by atoms with Gasteiger partial charge >= 0.3 is 5.97 Å². The first-order chi connectivity index (χ1) is 8.31. The number of hydrogen-bond donors (Lipinski definition) is 1. The lowest BCUT2D eigenvalue weighted by Crippen LogP contribution is -2.29. The zero-order chi connectivity index (χ0) is 13.9. The van der Waals surface area contributed by atoms with E-state index in [4.69, 9.17) is 4.74 Å². The first kappa shape index (κ1) is 14.7. The summed E-state index contributed by atoms with van der Waals surface area (Å²) in [6.07, 6.45) is -0.437. The van der Waals surface area contributed by atoms with Gasteiger partial charge in [0.2, 0.25) is 0 Å². The lowest BCUT2D eigenvalue weighted by Gasteiger charge is -2.19. The van der Waals surface area contributed by atoms with Crippen molar-refractivity contribution in [1.29, 1.82) is 0 Å². The van der Waals surface area contributed by atoms with Crippen molar-refractivity contribution in [2.24, 2.45) is 0 Å². The summed E-state index contributed by atoms with van der Waals surface area (Å²) in [5.41, 5.74) is 4.54. The maximum Gasteiger partial charge on any atom is 0.333 e. The quantitative estimate of drug-likeness (QED) is 0.873. The molecule has 3 heteroatoms. The number of carbonyl (C=O) groups is 1. The van der Waals surface area contributed by atoms with Crippen molar-refractivity contribution < 1.29 is 14.6 Å². The Bertz CT molecular complexity index is 412. The molecular formula is C15H22O3. The third kappa shape index (κ3) is 3.84. The molecule has 1 rings (SSSR count). The Morgan fingerprint density at radius 3 is 2.11 bits per heavy atom. The standard InChI is InChI=1S/C15H22O3/c1-9(2)18-14(15(16)17)8-13-11(4)6-10(3)7-12(13)5/h6-7,9,14H,8H2,1-5H3,(H,16,17). The van der Waals surface area contributed by atoms with Gasteiger partial charge < -0.3 is 9.84 Å². The summed E-state index contributed by atoms with van der Waals surface area (Å²) in [6, 6.07) is 4.16. The molecule has 0 radical (unpaired) electrons. The highest BCUT2D eigenvalue weighted by Gasteiger charge is 2.21. The van der Waals surface area contributed by atoms with E-state index in [1.165, 1.54) is 5.56 Å². The highest BCUT2D eigenvalue weighted by molar-refractivity contribution is 5.73. The topological polar surface area (TPSA) is 46.5 Å². The monoisotopic (exact) mass is 250 g/mol. The number of carboxylic acids is 1. The predicted octanol–water partition coefficient (Wildman–Crippen LogP) is 3.03. The second-order valence-electron chi connectivity index (χ2n) is 5.09. The summed E-state index contributed by atoms with van der Waals surface area (Å²) in [5.74, 6) is -0.900. The fourth-order valence-electron chi connectivity index (χ4n) is 2.24. The van der Waals surface area contributed by atoms with Crippen LogP contribution in [0.1, 0.15) is 36.1 Å². The first-order valence-electron chi connectivity index (χ1n) is 6.26. The van der Waals surface area contributed by atoms with Gasteiger partial charge in [0.1, 0.15) is 0 Å². The molecule has 0 fully saturated rings. The highest BCUT2D eigenvalue weighted by Crippen LogP contribution is 2.19. The maximum atomic E-state index is 11.2. The van der Waals surface area contributed by atoms with Crippen molar-refractivity contribution in [2.75, 3.05) is 0 Å². The van der Waals surface area contributed by atoms with Crippen LogP contribution in [0.4, 0.5) is 0 Å². The van der Waals surface area contributed by atoms with Crippen LogP contribution in [0.2, 0.25) is 0 Å². The van der Waals surface area contributed by atoms with E-state index in [0.29, 0.717) is 6.42 Å². The van der Waals surface area contributed by atoms with E-state index in [1.54, 1.807) is 0 Å². The van der Waals surface area contributed by atoms with E-state index in [2.05, 4.69) is 12.1 Å². The van der Waals surface area contributed by atoms with Crippen LogP contribution in [0, 0.1) is 20.8 Å². The third-order valence-corrected chi connectivity index (χ3v) is 2.94. The lowest BCUT2D eigenvalue weighted by molar-refractivity contribution is -0.153. The van der Waals surface area contributed by atoms with Gasteiger partial charge in [0.05, 0.1) is 6.10 Å². The van der Waals surface area contributed by atoms with Gasteiger partial charge in [0.15, 0.2) is 6.10 Å². The van der Waals surface area contributed by atoms with Crippen LogP contribution in [0.25, 0.3) is 0 Å². The number of rotatable bonds is 5. The highest BCUT2D eigenvalue weighted by atomic mass is 16.5. The Morgan fingerprint density at radius 1 is 1.22 bits per heavy atom. The summed E-state index contributed by atoms with van der Waals surface area (Å²) < 4.78 is 5.46. The Morgan fingerprint density at radius 2 is 1.72 bits per heavy atom. The van der Waals surface area contributed by atoms with Crippen molar-refractivity contribution >= 4 is 5.97 Å². The van der Waals surface area contributed by atoms with Crippen molar-refractivity contribution in [2.45, 2.75) is 53.2 Å². The van der Waals surface area contributed by atoms with E-state index >= 15 is 0 Å². The number of aliphatic carboxylic acids is 1. The molecule has 1 aromatic rings. The molecule has 1 N–H and O–H groups in total. The molecule has 0 saturated heterocycles. The Balaban J connectivity index is 2.97. The van der Waals surface area contributed by atoms with Crippen molar-refractivity contribution in [3.05, 3.63) is 34.4 Å². The van der Waals surface area contributed by atoms with Crippen LogP contribution in [-0.2, 0) is 16.0 Å². The Hall–Kier alpha value is -1.35. The zero-order valence-electron chi connectivity index (χ0n) is 11.8. The molecule has 18 heavy (non-hydrogen) atoms. The smallest absolute Gasteiger partial charge is 0.333 e. The molecule has 3 nitrogen and oxygen atoms in total. The summed E-state index contributed by atoms with van der Waals surface area (Å²) in [6.45, 7) is 9.78. The minimum atomic E-state index is -0.900. The zero-order valence-corrected chi connectivity index (χ0v) is 11.8. The van der Waals surface area contributed by atoms with Gasteiger partial charge in [-0.15, -0.1) is 0 Å². The first-order valence-corrected chi connectivity index (χ1v) is 6.26. The van der Waals surface area contributed by atoms with Crippen LogP contribution in [0.3, 0.4) is 0 Å². The van der Waals surface area contributed by atoms with E-state index in [9.17, 15) is 9.90 Å². The molecule has 0 heterocycles. The predicted molar refractivity (Wildman–Crippen MR) is 72.0 cm³/mol. The van der Waals surface area contributed by atoms with Crippen molar-refractivity contribution in [3.8, 4) is 0 Å². The van der Waals surface area contributed by atoms with Gasteiger partial charge in [0, 0.05) is 6.42 Å². The molecule has 1 atom stereocenters. The van der Waals surface area contributed by atoms with E-state index in [-0.39, 0.29) is 6.10 Å². The molecule has 0 aliphatic heterocycles. The normalized spacial score (nSPS) is 12.8. The number of aryl methyl sites for hydroxylation is 3. The van der Waals surface area contributed by atoms with Crippen LogP contribution in [0.5, 0.6) is 0 Å².